The lowest BCUT2D eigenvalue weighted by molar-refractivity contribution is -0.145. The molecule has 0 saturated carbocycles. The smallest absolute Gasteiger partial charge is 0.293 e. The van der Waals surface area contributed by atoms with E-state index >= 15 is 0 Å². The molecule has 0 heterocycles. The molecular weight excluding hydrogens is 316 g/mol. The third kappa shape index (κ3) is 2.16. The Bertz CT molecular complexity index is 678. The van der Waals surface area contributed by atoms with Crippen molar-refractivity contribution in [1.82, 2.24) is 0 Å². The molecule has 0 bridgehead atoms. The molecule has 0 aromatic heterocycles. The lowest BCUT2D eigenvalue weighted by Crippen LogP contribution is -2.30. The number of carbonyl (C=O) groups excluding carboxylic acids is 1. The molecule has 1 unspecified atom stereocenters. The molecule has 2 aromatic carbocycles. The van der Waals surface area contributed by atoms with Gasteiger partial charge in [-0.25, -0.2) is 0 Å². The number of fused-ring (bicyclic) bond motifs is 1. The molecule has 0 amide bonds. The van der Waals surface area contributed by atoms with Crippen molar-refractivity contribution in [2.24, 2.45) is 0 Å². The summed E-state index contributed by atoms with van der Waals surface area (Å²) in [5.41, 5.74) is 0.560. The molecule has 1 aliphatic rings. The number of hydrogen-bond donors (Lipinski definition) is 0. The second-order valence-corrected chi connectivity index (χ2v) is 5.92. The fourth-order valence-corrected chi connectivity index (χ4v) is 3.48. The van der Waals surface area contributed by atoms with E-state index in [4.69, 9.17) is 4.74 Å². The number of halogens is 1. The molecule has 1 aliphatic carbocycles. The summed E-state index contributed by atoms with van der Waals surface area (Å²) in [7, 11) is 0. The van der Waals surface area contributed by atoms with E-state index in [1.165, 1.54) is 0 Å². The highest BCUT2D eigenvalue weighted by Gasteiger charge is 2.35. The number of benzene rings is 2. The summed E-state index contributed by atoms with van der Waals surface area (Å²) >= 11 is 3.59. The van der Waals surface area contributed by atoms with Gasteiger partial charge in [-0.05, 0) is 29.7 Å². The molecule has 0 saturated heterocycles. The summed E-state index contributed by atoms with van der Waals surface area (Å²) < 4.78 is 6.62. The quantitative estimate of drug-likeness (QED) is 0.601. The maximum atomic E-state index is 11.0. The van der Waals surface area contributed by atoms with Crippen LogP contribution in [0.25, 0.3) is 10.8 Å². The second kappa shape index (κ2) is 5.41. The molecule has 0 aliphatic heterocycles. The SMILES string of the molecule is O=COC1(c2cccc3c(Br)cccc23)CC=CCC1. The minimum atomic E-state index is -0.531. The van der Waals surface area contributed by atoms with E-state index in [9.17, 15) is 4.79 Å². The van der Waals surface area contributed by atoms with Crippen molar-refractivity contribution in [2.75, 3.05) is 0 Å². The van der Waals surface area contributed by atoms with Crippen LogP contribution < -0.4 is 0 Å². The average molecular weight is 331 g/mol. The number of rotatable bonds is 3. The van der Waals surface area contributed by atoms with Crippen molar-refractivity contribution in [3.05, 3.63) is 58.6 Å². The van der Waals surface area contributed by atoms with Crippen molar-refractivity contribution >= 4 is 33.2 Å². The summed E-state index contributed by atoms with van der Waals surface area (Å²) in [6, 6.07) is 12.3. The van der Waals surface area contributed by atoms with Crippen LogP contribution in [0, 0.1) is 0 Å². The van der Waals surface area contributed by atoms with Gasteiger partial charge in [0.25, 0.3) is 6.47 Å². The van der Waals surface area contributed by atoms with Crippen molar-refractivity contribution in [3.8, 4) is 0 Å². The monoisotopic (exact) mass is 330 g/mol. The van der Waals surface area contributed by atoms with Crippen molar-refractivity contribution in [1.29, 1.82) is 0 Å². The van der Waals surface area contributed by atoms with E-state index in [2.05, 4.69) is 46.3 Å². The minimum Gasteiger partial charge on any atom is -0.456 e. The first-order valence-corrected chi connectivity index (χ1v) is 7.50. The Morgan fingerprint density at radius 1 is 1.10 bits per heavy atom. The second-order valence-electron chi connectivity index (χ2n) is 5.06. The molecule has 3 rings (SSSR count). The topological polar surface area (TPSA) is 26.3 Å². The summed E-state index contributed by atoms with van der Waals surface area (Å²) in [5, 5.41) is 2.28. The number of hydrogen-bond acceptors (Lipinski definition) is 2. The summed E-state index contributed by atoms with van der Waals surface area (Å²) in [5.74, 6) is 0. The predicted octanol–water partition coefficient (Wildman–Crippen LogP) is 4.71. The fraction of sp³-hybridized carbons (Fsp3) is 0.235. The zero-order chi connectivity index (χ0) is 14.0. The molecule has 2 nitrogen and oxygen atoms in total. The van der Waals surface area contributed by atoms with E-state index in [1.54, 1.807) is 0 Å². The first kappa shape index (κ1) is 13.4. The fourth-order valence-electron chi connectivity index (χ4n) is 2.99. The van der Waals surface area contributed by atoms with Gasteiger partial charge in [-0.3, -0.25) is 4.79 Å². The molecule has 0 radical (unpaired) electrons. The lowest BCUT2D eigenvalue weighted by atomic mass is 9.80. The van der Waals surface area contributed by atoms with Crippen LogP contribution in [0.5, 0.6) is 0 Å². The Morgan fingerprint density at radius 3 is 2.65 bits per heavy atom. The van der Waals surface area contributed by atoms with Gasteiger partial charge in [0.05, 0.1) is 0 Å². The van der Waals surface area contributed by atoms with Gasteiger partial charge in [0.1, 0.15) is 5.60 Å². The van der Waals surface area contributed by atoms with Crippen LogP contribution in [0.3, 0.4) is 0 Å². The minimum absolute atomic E-state index is 0.531. The molecule has 102 valence electrons. The third-order valence-corrected chi connectivity index (χ3v) is 4.65. The maximum Gasteiger partial charge on any atom is 0.293 e. The van der Waals surface area contributed by atoms with Crippen molar-refractivity contribution in [2.45, 2.75) is 24.9 Å². The Hall–Kier alpha value is -1.61. The van der Waals surface area contributed by atoms with Gasteiger partial charge in [-0.2, -0.15) is 0 Å². The zero-order valence-electron chi connectivity index (χ0n) is 11.0. The van der Waals surface area contributed by atoms with E-state index in [1.807, 2.05) is 18.2 Å². The normalized spacial score (nSPS) is 21.9. The van der Waals surface area contributed by atoms with Gasteiger partial charge in [0, 0.05) is 16.5 Å². The predicted molar refractivity (Wildman–Crippen MR) is 83.5 cm³/mol. The number of ether oxygens (including phenoxy) is 1. The van der Waals surface area contributed by atoms with Crippen LogP contribution in [-0.4, -0.2) is 6.47 Å². The summed E-state index contributed by atoms with van der Waals surface area (Å²) in [6.07, 6.45) is 6.74. The highest BCUT2D eigenvalue weighted by atomic mass is 79.9. The van der Waals surface area contributed by atoms with Gasteiger partial charge in [0.2, 0.25) is 0 Å². The molecule has 3 heteroatoms. The Labute approximate surface area is 126 Å². The standard InChI is InChI=1S/C17H15BrO2/c18-16-9-5-6-13-14(16)7-4-8-15(13)17(20-12-19)10-2-1-3-11-17/h1-2,4-9,12H,3,10-11H2. The Morgan fingerprint density at radius 2 is 1.90 bits per heavy atom. The summed E-state index contributed by atoms with van der Waals surface area (Å²) in [4.78, 5) is 11.0. The highest BCUT2D eigenvalue weighted by Crippen LogP contribution is 2.41. The largest absolute Gasteiger partial charge is 0.456 e. The first-order valence-electron chi connectivity index (χ1n) is 6.71. The van der Waals surface area contributed by atoms with Gasteiger partial charge >= 0.3 is 0 Å². The van der Waals surface area contributed by atoms with Crippen LogP contribution in [0.2, 0.25) is 0 Å². The lowest BCUT2D eigenvalue weighted by Gasteiger charge is -2.34. The molecule has 0 fully saturated rings. The van der Waals surface area contributed by atoms with Crippen LogP contribution in [0.1, 0.15) is 24.8 Å². The van der Waals surface area contributed by atoms with E-state index in [0.29, 0.717) is 6.47 Å². The van der Waals surface area contributed by atoms with Gasteiger partial charge in [0.15, 0.2) is 0 Å². The van der Waals surface area contributed by atoms with Gasteiger partial charge < -0.3 is 4.74 Å². The molecule has 2 aromatic rings. The number of carbonyl (C=O) groups is 1. The number of allylic oxidation sites excluding steroid dienone is 1. The summed E-state index contributed by atoms with van der Waals surface area (Å²) in [6.45, 7) is 0.579. The first-order chi connectivity index (χ1) is 9.77. The highest BCUT2D eigenvalue weighted by molar-refractivity contribution is 9.10. The van der Waals surface area contributed by atoms with Crippen molar-refractivity contribution < 1.29 is 9.53 Å². The van der Waals surface area contributed by atoms with Gasteiger partial charge in [-0.1, -0.05) is 58.4 Å². The maximum absolute atomic E-state index is 11.0. The van der Waals surface area contributed by atoms with Crippen LogP contribution in [0.15, 0.2) is 53.0 Å². The Balaban J connectivity index is 2.24. The molecule has 0 N–H and O–H groups in total. The van der Waals surface area contributed by atoms with E-state index in [-0.39, 0.29) is 0 Å². The molecule has 0 spiro atoms. The molecule has 1 atom stereocenters. The van der Waals surface area contributed by atoms with Crippen LogP contribution in [0.4, 0.5) is 0 Å². The molecular formula is C17H15BrO2. The zero-order valence-corrected chi connectivity index (χ0v) is 12.6. The average Bonchev–Trinajstić information content (AvgIpc) is 2.48. The van der Waals surface area contributed by atoms with E-state index < -0.39 is 5.60 Å². The van der Waals surface area contributed by atoms with Crippen LogP contribution in [-0.2, 0) is 15.1 Å². The molecule has 20 heavy (non-hydrogen) atoms. The van der Waals surface area contributed by atoms with E-state index in [0.717, 1.165) is 40.1 Å². The Kier molecular flexibility index (Phi) is 3.62. The van der Waals surface area contributed by atoms with Crippen molar-refractivity contribution in [3.63, 3.8) is 0 Å². The van der Waals surface area contributed by atoms with Crippen LogP contribution >= 0.6 is 15.9 Å². The third-order valence-electron chi connectivity index (χ3n) is 3.96. The van der Waals surface area contributed by atoms with Gasteiger partial charge in [-0.15, -0.1) is 0 Å².